The number of benzene rings is 6. The Labute approximate surface area is 748 Å². The number of hydrogen-bond acceptors (Lipinski definition) is 20. The lowest BCUT2D eigenvalue weighted by molar-refractivity contribution is -0.152. The molecule has 129 heavy (non-hydrogen) atoms. The van der Waals surface area contributed by atoms with E-state index in [1.807, 2.05) is 0 Å². The molecule has 686 valence electrons. The lowest BCUT2D eigenvalue weighted by Crippen LogP contribution is -2.62. The summed E-state index contributed by atoms with van der Waals surface area (Å²) >= 11 is 0.786. The number of aromatic amines is 1. The maximum absolute atomic E-state index is 15.5. The van der Waals surface area contributed by atoms with Crippen LogP contribution in [0.1, 0.15) is 86.8 Å². The second-order valence-electron chi connectivity index (χ2n) is 32.7. The van der Waals surface area contributed by atoms with Crippen LogP contribution in [0.2, 0.25) is 0 Å². The van der Waals surface area contributed by atoms with Crippen molar-refractivity contribution in [2.24, 2.45) is 17.6 Å². The first-order valence-electron chi connectivity index (χ1n) is 41.9. The van der Waals surface area contributed by atoms with Gasteiger partial charge in [-0.2, -0.15) is 0 Å². The van der Waals surface area contributed by atoms with E-state index in [4.69, 9.17) is 5.73 Å². The van der Waals surface area contributed by atoms with Gasteiger partial charge in [-0.15, -0.1) is 11.8 Å². The number of thioether (sulfide) groups is 1. The van der Waals surface area contributed by atoms with Gasteiger partial charge < -0.3 is 103 Å². The van der Waals surface area contributed by atoms with Crippen molar-refractivity contribution in [3.8, 4) is 11.5 Å². The van der Waals surface area contributed by atoms with Crippen LogP contribution in [0.25, 0.3) is 10.9 Å². The third-order valence-corrected chi connectivity index (χ3v) is 23.1. The molecule has 1 saturated heterocycles. The summed E-state index contributed by atoms with van der Waals surface area (Å²) in [6.07, 6.45) is -2.47. The number of nitrogens with zero attached hydrogens (tertiary/aromatic N) is 5. The molecule has 7 aromatic rings. The zero-order chi connectivity index (χ0) is 94.0. The van der Waals surface area contributed by atoms with Crippen molar-refractivity contribution >= 4 is 129 Å². The van der Waals surface area contributed by atoms with Crippen LogP contribution in [0.4, 0.5) is 5.69 Å². The third-order valence-electron chi connectivity index (χ3n) is 22.1. The number of fused-ring (bicyclic) bond motifs is 5. The Morgan fingerprint density at radius 2 is 1.01 bits per heavy atom. The Bertz CT molecular complexity index is 5240. The summed E-state index contributed by atoms with van der Waals surface area (Å²) in [7, 11) is 4.83. The van der Waals surface area contributed by atoms with E-state index in [1.54, 1.807) is 135 Å². The summed E-state index contributed by atoms with van der Waals surface area (Å²) in [6, 6.07) is 23.9. The van der Waals surface area contributed by atoms with Crippen LogP contribution in [-0.4, -0.2) is 271 Å². The van der Waals surface area contributed by atoms with Crippen molar-refractivity contribution in [2.45, 2.75) is 158 Å². The van der Waals surface area contributed by atoms with Crippen LogP contribution in [0, 0.1) is 11.8 Å². The number of carboxylic acids is 2. The number of phenols is 2. The molecule has 2 aliphatic heterocycles. The zero-order valence-corrected chi connectivity index (χ0v) is 73.5. The summed E-state index contributed by atoms with van der Waals surface area (Å²) in [5, 5.41) is 65.9. The molecule has 15 amide bonds. The van der Waals surface area contributed by atoms with Crippen LogP contribution >= 0.6 is 11.8 Å². The molecular formula is C91H110N16O21S. The number of aromatic nitrogens is 1. The van der Waals surface area contributed by atoms with Gasteiger partial charge in [0.25, 0.3) is 0 Å². The summed E-state index contributed by atoms with van der Waals surface area (Å²) < 4.78 is 0. The number of aromatic hydroxyl groups is 2. The van der Waals surface area contributed by atoms with E-state index in [0.29, 0.717) is 44.3 Å². The predicted molar refractivity (Wildman–Crippen MR) is 474 cm³/mol. The average molecular weight is 1800 g/mol. The number of H-pyrrole nitrogens is 1. The van der Waals surface area contributed by atoms with Crippen molar-refractivity contribution in [1.82, 2.24) is 72.4 Å². The fourth-order valence-electron chi connectivity index (χ4n) is 15.2. The highest BCUT2D eigenvalue weighted by atomic mass is 32.2. The first-order valence-corrected chi connectivity index (χ1v) is 43.1. The van der Waals surface area contributed by atoms with Gasteiger partial charge in [-0.25, -0.2) is 0 Å². The molecule has 11 atom stereocenters. The van der Waals surface area contributed by atoms with E-state index in [-0.39, 0.29) is 68.1 Å². The highest BCUT2D eigenvalue weighted by Gasteiger charge is 2.44. The number of para-hydroxylation sites is 1. The fraction of sp³-hybridized carbons (Fsp3) is 0.396. The Morgan fingerprint density at radius 1 is 0.488 bits per heavy atom. The number of likely N-dealkylation sites (N-methyl/N-ethyl adjacent to an activating group) is 4. The largest absolute Gasteiger partial charge is 0.508 e. The van der Waals surface area contributed by atoms with Gasteiger partial charge in [0.1, 0.15) is 84.5 Å². The van der Waals surface area contributed by atoms with Crippen molar-refractivity contribution in [3.63, 3.8) is 0 Å². The quantitative estimate of drug-likeness (QED) is 0.0475. The predicted octanol–water partition coefficient (Wildman–Crippen LogP) is 0.889. The normalized spacial score (nSPS) is 22.1. The monoisotopic (exact) mass is 1790 g/mol. The van der Waals surface area contributed by atoms with E-state index in [1.165, 1.54) is 77.5 Å². The van der Waals surface area contributed by atoms with Crippen LogP contribution in [0.5, 0.6) is 11.5 Å². The van der Waals surface area contributed by atoms with Crippen LogP contribution in [0.15, 0.2) is 164 Å². The highest BCUT2D eigenvalue weighted by molar-refractivity contribution is 8.00. The van der Waals surface area contributed by atoms with Crippen LogP contribution in [-0.2, 0) is 120 Å². The summed E-state index contributed by atoms with van der Waals surface area (Å²) in [5.74, 6) is -20.3. The number of carbonyl (C=O) groups excluding carboxylic acids is 15. The Kier molecular flexibility index (Phi) is 35.4. The van der Waals surface area contributed by atoms with E-state index < -0.39 is 223 Å². The van der Waals surface area contributed by atoms with Gasteiger partial charge in [0.2, 0.25) is 88.6 Å². The Morgan fingerprint density at radius 3 is 1.61 bits per heavy atom. The first-order chi connectivity index (χ1) is 61.3. The number of amides is 15. The molecule has 0 spiro atoms. The lowest BCUT2D eigenvalue weighted by Gasteiger charge is -2.37. The number of carboxylic acid groups (broad SMARTS) is 2. The van der Waals surface area contributed by atoms with Gasteiger partial charge in [-0.05, 0) is 82.3 Å². The molecule has 9 rings (SSSR count). The second kappa shape index (κ2) is 46.3. The van der Waals surface area contributed by atoms with Crippen molar-refractivity contribution in [1.29, 1.82) is 0 Å². The number of rotatable bonds is 21. The van der Waals surface area contributed by atoms with E-state index in [2.05, 4.69) is 52.8 Å². The van der Waals surface area contributed by atoms with E-state index in [0.717, 1.165) is 43.3 Å². The van der Waals surface area contributed by atoms with E-state index in [9.17, 15) is 63.6 Å². The number of primary amides is 1. The summed E-state index contributed by atoms with van der Waals surface area (Å²) in [4.78, 5) is 255. The van der Waals surface area contributed by atoms with Gasteiger partial charge in [-0.3, -0.25) is 81.5 Å². The third kappa shape index (κ3) is 28.1. The van der Waals surface area contributed by atoms with Crippen molar-refractivity contribution < 1.29 is 102 Å². The number of anilines is 1. The average Bonchev–Trinajstić information content (AvgIpc) is 1.57. The molecule has 1 aromatic heterocycles. The minimum Gasteiger partial charge on any atom is -0.508 e. The summed E-state index contributed by atoms with van der Waals surface area (Å²) in [5.41, 5.74) is 8.81. The van der Waals surface area contributed by atoms with E-state index >= 15 is 38.4 Å². The molecule has 0 saturated carbocycles. The molecule has 2 bridgehead atoms. The molecule has 2 aliphatic rings. The molecule has 38 heteroatoms. The number of phenolic OH excluding ortho intramolecular Hbond substituents is 2. The number of aliphatic carboxylic acids is 2. The molecular weight excluding hydrogens is 1690 g/mol. The van der Waals surface area contributed by atoms with Gasteiger partial charge in [0, 0.05) is 102 Å². The van der Waals surface area contributed by atoms with Crippen molar-refractivity contribution in [2.75, 3.05) is 64.2 Å². The topological polar surface area (TPSA) is 537 Å². The minimum absolute atomic E-state index is 0.0193. The van der Waals surface area contributed by atoms with Gasteiger partial charge in [0.15, 0.2) is 0 Å². The van der Waals surface area contributed by atoms with Gasteiger partial charge >= 0.3 is 11.9 Å². The Hall–Kier alpha value is -14.2. The molecule has 1 fully saturated rings. The molecule has 16 N–H and O–H groups in total. The lowest BCUT2D eigenvalue weighted by atomic mass is 9.95. The van der Waals surface area contributed by atoms with Crippen molar-refractivity contribution in [3.05, 3.63) is 197 Å². The van der Waals surface area contributed by atoms with Gasteiger partial charge in [-0.1, -0.05) is 155 Å². The highest BCUT2D eigenvalue weighted by Crippen LogP contribution is 2.33. The Balaban J connectivity index is 1.12. The number of carbonyl (C=O) groups is 17. The minimum atomic E-state index is -1.98. The molecule has 0 radical (unpaired) electrons. The molecule has 3 heterocycles. The maximum atomic E-state index is 15.5. The SMILES string of the molecule is CC(C)C[C@@H]1NC(=O)C(Cc2ccc(O)cc2)NC(=O)[C@H](Cc2c[nH]c3ccccc23)NC(=O)CN2C(=O)[C@H](Cc3ccc(O)cc32)NC(=O)[C@H](Cc2ccccc2)N(C)C(=O)[C@H](C(C)C)NC(=O)[C@H](CC(=O)O)NC(=O)CN(C)C(=O)[C@H](CCC(=O)O)N(C)C(=O)[C@H](Cc2ccccc2)N(C)C(=O)[C@H](Cc2ccccc2)NC(=O)CSC[C@@H](C(=O)NCC(N)=O)NC1=O. The zero-order valence-electron chi connectivity index (χ0n) is 72.7. The molecule has 0 aliphatic carbocycles. The molecule has 37 nitrogen and oxygen atoms in total. The molecule has 1 unspecified atom stereocenters. The maximum Gasteiger partial charge on any atom is 0.305 e. The van der Waals surface area contributed by atoms with Gasteiger partial charge in [0.05, 0.1) is 31.0 Å². The fourth-order valence-corrected chi connectivity index (χ4v) is 16.0. The smallest absolute Gasteiger partial charge is 0.305 e. The second-order valence-corrected chi connectivity index (χ2v) is 33.8. The number of hydrogen-bond donors (Lipinski definition) is 15. The molecule has 6 aromatic carbocycles. The standard InChI is InChI=1S/C91H110N16O21S/c1-51(2)36-63-82(119)101-69(81(118)94-46-74(92)110)49-129-50-77(113)97-67(38-53-20-12-9-13-21-53)87(124)106(8)73(40-55-24-16-11-17-25-55)90(127)104(6)70(34-35-78(114)115)89(126)103(5)47-75(111)96-66(44-79(116)117)85(122)102-80(52(3)4)91(128)105(7)72(39-54-22-14-10-15-23-54)86(123)100-68-41-57-30-33-60(109)43-71(57)107(88(68)125)48-76(112)95-65(42-58-45-93-62-27-19-18-26-61(58)62)84(121)99-64(83(120)98-63)37-56-28-31-59(108)32-29-56/h9-33,43,45,51-52,63-70,72-73,80,93,108-109H,34-42,44,46-50H2,1-8H3,(H2,92,110)(H,94,118)(H,95,112)(H,96,111)(H,97,113)(H,98,120)(H,99,121)(H,100,123)(H,101,119)(H,102,122)(H,114,115)(H,116,117)/t63-,64?,65-,66-,67-,68-,69-,70-,72-,73-,80-/m0/s1. The van der Waals surface area contributed by atoms with Crippen LogP contribution < -0.4 is 58.5 Å². The number of nitrogens with two attached hydrogens (primary N) is 1. The van der Waals surface area contributed by atoms with Crippen LogP contribution in [0.3, 0.4) is 0 Å². The number of nitrogens with one attached hydrogen (secondary N) is 10. The first kappa shape index (κ1) is 98.6. The summed E-state index contributed by atoms with van der Waals surface area (Å²) in [6.45, 7) is 3.94.